The number of nitrogens with zero attached hydrogens (tertiary/aromatic N) is 2. The van der Waals surface area contributed by atoms with Crippen LogP contribution < -0.4 is 0 Å². The number of rotatable bonds is 5. The molecule has 0 radical (unpaired) electrons. The lowest BCUT2D eigenvalue weighted by Gasteiger charge is -2.31. The average Bonchev–Trinajstić information content (AvgIpc) is 3.10. The van der Waals surface area contributed by atoms with Gasteiger partial charge in [0.05, 0.1) is 18.0 Å². The number of likely N-dealkylation sites (N-methyl/N-ethyl adjacent to an activating group) is 1. The van der Waals surface area contributed by atoms with Crippen molar-refractivity contribution in [2.24, 2.45) is 5.92 Å². The fourth-order valence-electron chi connectivity index (χ4n) is 3.42. The lowest BCUT2D eigenvalue weighted by Crippen LogP contribution is -2.45. The molecule has 3 rings (SSSR count). The zero-order valence-electron chi connectivity index (χ0n) is 15.6. The zero-order chi connectivity index (χ0) is 19.6. The van der Waals surface area contributed by atoms with E-state index in [9.17, 15) is 14.4 Å². The van der Waals surface area contributed by atoms with Crippen LogP contribution in [0.5, 0.6) is 0 Å². The largest absolute Gasteiger partial charge is 0.481 e. The second-order valence-corrected chi connectivity index (χ2v) is 6.99. The van der Waals surface area contributed by atoms with Gasteiger partial charge in [-0.2, -0.15) is 0 Å². The van der Waals surface area contributed by atoms with Crippen LogP contribution in [0.4, 0.5) is 0 Å². The second-order valence-electron chi connectivity index (χ2n) is 6.99. The summed E-state index contributed by atoms with van der Waals surface area (Å²) in [5, 5.41) is 9.80. The van der Waals surface area contributed by atoms with Gasteiger partial charge in [0.25, 0.3) is 5.91 Å². The molecule has 1 aromatic carbocycles. The molecule has 7 nitrogen and oxygen atoms in total. The third-order valence-electron chi connectivity index (χ3n) is 5.19. The summed E-state index contributed by atoms with van der Waals surface area (Å²) < 4.78 is 5.48. The van der Waals surface area contributed by atoms with Crippen LogP contribution in [0.2, 0.25) is 0 Å². The van der Waals surface area contributed by atoms with E-state index in [0.29, 0.717) is 37.1 Å². The fourth-order valence-corrected chi connectivity index (χ4v) is 3.42. The summed E-state index contributed by atoms with van der Waals surface area (Å²) in [7, 11) is 1.59. The fraction of sp³-hybridized carbons (Fsp3) is 0.450. The Morgan fingerprint density at radius 1 is 1.26 bits per heavy atom. The minimum absolute atomic E-state index is 0.0449. The van der Waals surface area contributed by atoms with Crippen molar-refractivity contribution in [3.63, 3.8) is 0 Å². The summed E-state index contributed by atoms with van der Waals surface area (Å²) >= 11 is 0. The molecular formula is C20H24N2O5. The molecule has 2 amide bonds. The van der Waals surface area contributed by atoms with Crippen LogP contribution in [0, 0.1) is 5.92 Å². The van der Waals surface area contributed by atoms with Gasteiger partial charge in [-0.1, -0.05) is 13.0 Å². The van der Waals surface area contributed by atoms with E-state index in [1.165, 1.54) is 11.2 Å². The van der Waals surface area contributed by atoms with E-state index >= 15 is 0 Å². The van der Waals surface area contributed by atoms with Crippen molar-refractivity contribution in [3.05, 3.63) is 35.6 Å². The highest BCUT2D eigenvalue weighted by molar-refractivity contribution is 6.06. The predicted octanol–water partition coefficient (Wildman–Crippen LogP) is 2.39. The van der Waals surface area contributed by atoms with Gasteiger partial charge in [-0.15, -0.1) is 0 Å². The number of aliphatic carboxylic acids is 1. The Labute approximate surface area is 157 Å². The van der Waals surface area contributed by atoms with E-state index in [1.807, 2.05) is 25.1 Å². The highest BCUT2D eigenvalue weighted by Gasteiger charge is 2.28. The Morgan fingerprint density at radius 2 is 1.96 bits per heavy atom. The number of likely N-dealkylation sites (tertiary alicyclic amines) is 1. The first kappa shape index (κ1) is 18.9. The first-order valence-corrected chi connectivity index (χ1v) is 9.17. The summed E-state index contributed by atoms with van der Waals surface area (Å²) in [6.07, 6.45) is 3.19. The first-order chi connectivity index (χ1) is 12.9. The Morgan fingerprint density at radius 3 is 2.59 bits per heavy atom. The SMILES string of the molecule is CCc1ccc2occ(C(=O)N(C)CC(=O)N3CCC(C(=O)O)CC3)c2c1. The Kier molecular flexibility index (Phi) is 5.48. The molecule has 7 heteroatoms. The minimum Gasteiger partial charge on any atom is -0.481 e. The molecule has 1 aromatic heterocycles. The average molecular weight is 372 g/mol. The molecule has 1 aliphatic rings. The first-order valence-electron chi connectivity index (χ1n) is 9.17. The number of fused-ring (bicyclic) bond motifs is 1. The van der Waals surface area contributed by atoms with Crippen molar-refractivity contribution in [3.8, 4) is 0 Å². The number of hydrogen-bond donors (Lipinski definition) is 1. The monoisotopic (exact) mass is 372 g/mol. The van der Waals surface area contributed by atoms with Gasteiger partial charge >= 0.3 is 5.97 Å². The van der Waals surface area contributed by atoms with E-state index in [0.717, 1.165) is 17.4 Å². The summed E-state index contributed by atoms with van der Waals surface area (Å²) in [5.74, 6) is -1.64. The summed E-state index contributed by atoms with van der Waals surface area (Å²) in [5.41, 5.74) is 2.20. The number of furan rings is 1. The van der Waals surface area contributed by atoms with Crippen LogP contribution in [0.3, 0.4) is 0 Å². The Bertz CT molecular complexity index is 864. The molecule has 0 spiro atoms. The van der Waals surface area contributed by atoms with Crippen molar-refractivity contribution in [1.29, 1.82) is 0 Å². The van der Waals surface area contributed by atoms with Crippen LogP contribution in [0.15, 0.2) is 28.9 Å². The molecule has 144 valence electrons. The maximum absolute atomic E-state index is 12.8. The van der Waals surface area contributed by atoms with Gasteiger partial charge in [0.15, 0.2) is 0 Å². The summed E-state index contributed by atoms with van der Waals surface area (Å²) in [6.45, 7) is 2.82. The maximum Gasteiger partial charge on any atom is 0.306 e. The van der Waals surface area contributed by atoms with Crippen molar-refractivity contribution in [2.45, 2.75) is 26.2 Å². The third-order valence-corrected chi connectivity index (χ3v) is 5.19. The van der Waals surface area contributed by atoms with E-state index in [2.05, 4.69) is 0 Å². The molecule has 1 N–H and O–H groups in total. The molecule has 0 saturated carbocycles. The summed E-state index contributed by atoms with van der Waals surface area (Å²) in [6, 6.07) is 5.76. The van der Waals surface area contributed by atoms with Crippen molar-refractivity contribution in [2.75, 3.05) is 26.7 Å². The van der Waals surface area contributed by atoms with Crippen LogP contribution in [-0.2, 0) is 16.0 Å². The Hall–Kier alpha value is -2.83. The van der Waals surface area contributed by atoms with Gasteiger partial charge in [-0.25, -0.2) is 0 Å². The van der Waals surface area contributed by atoms with Gasteiger partial charge in [0, 0.05) is 25.5 Å². The number of benzene rings is 1. The van der Waals surface area contributed by atoms with Crippen molar-refractivity contribution in [1.82, 2.24) is 9.80 Å². The molecule has 0 unspecified atom stereocenters. The maximum atomic E-state index is 12.8. The molecular weight excluding hydrogens is 348 g/mol. The number of amides is 2. The van der Waals surface area contributed by atoms with Crippen molar-refractivity contribution < 1.29 is 23.9 Å². The van der Waals surface area contributed by atoms with E-state index in [1.54, 1.807) is 11.9 Å². The van der Waals surface area contributed by atoms with Gasteiger partial charge in [0.1, 0.15) is 11.8 Å². The van der Waals surface area contributed by atoms with E-state index in [-0.39, 0.29) is 18.4 Å². The van der Waals surface area contributed by atoms with Crippen LogP contribution >= 0.6 is 0 Å². The number of carboxylic acids is 1. The van der Waals surface area contributed by atoms with Crippen LogP contribution in [-0.4, -0.2) is 59.4 Å². The number of aryl methyl sites for hydroxylation is 1. The van der Waals surface area contributed by atoms with Gasteiger partial charge in [-0.05, 0) is 37.0 Å². The normalized spacial score (nSPS) is 15.1. The van der Waals surface area contributed by atoms with Crippen LogP contribution in [0.1, 0.15) is 35.7 Å². The number of carbonyl (C=O) groups is 3. The molecule has 27 heavy (non-hydrogen) atoms. The Balaban J connectivity index is 1.66. The molecule has 1 aliphatic heterocycles. The highest BCUT2D eigenvalue weighted by Crippen LogP contribution is 2.24. The smallest absolute Gasteiger partial charge is 0.306 e. The lowest BCUT2D eigenvalue weighted by atomic mass is 9.97. The van der Waals surface area contributed by atoms with Gasteiger partial charge in [0.2, 0.25) is 5.91 Å². The lowest BCUT2D eigenvalue weighted by molar-refractivity contribution is -0.145. The number of carbonyl (C=O) groups excluding carboxylic acids is 2. The number of piperidine rings is 1. The molecule has 0 atom stereocenters. The topological polar surface area (TPSA) is 91.1 Å². The standard InChI is InChI=1S/C20H24N2O5/c1-3-13-4-5-17-15(10-13)16(12-27-17)19(24)21(2)11-18(23)22-8-6-14(7-9-22)20(25)26/h4-5,10,12,14H,3,6-9,11H2,1-2H3,(H,25,26). The molecule has 2 heterocycles. The van der Waals surface area contributed by atoms with Crippen LogP contribution in [0.25, 0.3) is 11.0 Å². The van der Waals surface area contributed by atoms with Gasteiger partial charge in [-0.3, -0.25) is 14.4 Å². The molecule has 0 aliphatic carbocycles. The molecule has 2 aromatic rings. The molecule has 1 saturated heterocycles. The quantitative estimate of drug-likeness (QED) is 0.870. The zero-order valence-corrected chi connectivity index (χ0v) is 15.6. The summed E-state index contributed by atoms with van der Waals surface area (Å²) in [4.78, 5) is 39.3. The predicted molar refractivity (Wildman–Crippen MR) is 99.5 cm³/mol. The number of carboxylic acid groups (broad SMARTS) is 1. The van der Waals surface area contributed by atoms with E-state index < -0.39 is 11.9 Å². The third kappa shape index (κ3) is 3.97. The second kappa shape index (κ2) is 7.82. The van der Waals surface area contributed by atoms with E-state index in [4.69, 9.17) is 9.52 Å². The number of hydrogen-bond acceptors (Lipinski definition) is 4. The highest BCUT2D eigenvalue weighted by atomic mass is 16.4. The molecule has 0 bridgehead atoms. The molecule has 1 fully saturated rings. The van der Waals surface area contributed by atoms with Gasteiger partial charge < -0.3 is 19.3 Å². The minimum atomic E-state index is -0.812. The van der Waals surface area contributed by atoms with Crippen molar-refractivity contribution >= 4 is 28.8 Å².